The zero-order chi connectivity index (χ0) is 9.84. The molecular formula is C9H9NaO4. The van der Waals surface area contributed by atoms with Crippen molar-refractivity contribution in [3.05, 3.63) is 23.8 Å². The Balaban J connectivity index is 0.00000169. The summed E-state index contributed by atoms with van der Waals surface area (Å²) in [4.78, 5) is 10.2. The Morgan fingerprint density at radius 1 is 1.57 bits per heavy atom. The summed E-state index contributed by atoms with van der Waals surface area (Å²) in [6.45, 7) is 0. The number of phenolic OH excluding ortho intramolecular Hbond substituents is 1. The SMILES string of the molecule is COc1cc(CC(=O)[O-])ccc1O.[Na+]. The predicted molar refractivity (Wildman–Crippen MR) is 43.4 cm³/mol. The van der Waals surface area contributed by atoms with E-state index in [4.69, 9.17) is 4.74 Å². The first-order valence-electron chi connectivity index (χ1n) is 3.69. The first kappa shape index (κ1) is 13.3. The number of hydrogen-bond acceptors (Lipinski definition) is 4. The van der Waals surface area contributed by atoms with Crippen molar-refractivity contribution in [2.24, 2.45) is 0 Å². The van der Waals surface area contributed by atoms with E-state index < -0.39 is 5.97 Å². The maximum atomic E-state index is 10.2. The maximum Gasteiger partial charge on any atom is 1.00 e. The number of benzene rings is 1. The molecule has 0 saturated carbocycles. The molecule has 0 spiro atoms. The van der Waals surface area contributed by atoms with Gasteiger partial charge in [0.25, 0.3) is 0 Å². The molecule has 0 fully saturated rings. The number of carboxylic acid groups (broad SMARTS) is 1. The van der Waals surface area contributed by atoms with E-state index >= 15 is 0 Å². The second kappa shape index (κ2) is 5.90. The fourth-order valence-electron chi connectivity index (χ4n) is 0.999. The van der Waals surface area contributed by atoms with Gasteiger partial charge >= 0.3 is 29.6 Å². The monoisotopic (exact) mass is 204 g/mol. The van der Waals surface area contributed by atoms with Gasteiger partial charge in [-0.2, -0.15) is 0 Å². The molecule has 1 rings (SSSR count). The van der Waals surface area contributed by atoms with Crippen molar-refractivity contribution in [3.8, 4) is 11.5 Å². The van der Waals surface area contributed by atoms with Crippen LogP contribution in [0.3, 0.4) is 0 Å². The number of hydrogen-bond donors (Lipinski definition) is 1. The number of aliphatic carboxylic acids is 1. The third kappa shape index (κ3) is 3.57. The fourth-order valence-corrected chi connectivity index (χ4v) is 0.999. The summed E-state index contributed by atoms with van der Waals surface area (Å²) in [5, 5.41) is 19.4. The van der Waals surface area contributed by atoms with Gasteiger partial charge < -0.3 is 19.7 Å². The number of carboxylic acids is 1. The molecule has 0 heterocycles. The molecule has 70 valence electrons. The van der Waals surface area contributed by atoms with E-state index in [1.807, 2.05) is 0 Å². The van der Waals surface area contributed by atoms with Gasteiger partial charge in [-0.05, 0) is 17.7 Å². The normalized spacial score (nSPS) is 8.93. The van der Waals surface area contributed by atoms with E-state index in [1.54, 1.807) is 0 Å². The predicted octanol–water partition coefficient (Wildman–Crippen LogP) is -3.30. The van der Waals surface area contributed by atoms with Crippen molar-refractivity contribution in [3.63, 3.8) is 0 Å². The molecule has 1 aromatic carbocycles. The molecule has 0 radical (unpaired) electrons. The Bertz CT molecular complexity index is 325. The van der Waals surface area contributed by atoms with E-state index in [1.165, 1.54) is 25.3 Å². The fraction of sp³-hybridized carbons (Fsp3) is 0.222. The molecule has 0 unspecified atom stereocenters. The van der Waals surface area contributed by atoms with Crippen LogP contribution < -0.4 is 39.4 Å². The van der Waals surface area contributed by atoms with Gasteiger partial charge in [0.2, 0.25) is 0 Å². The molecule has 0 saturated heterocycles. The van der Waals surface area contributed by atoms with E-state index in [0.29, 0.717) is 5.56 Å². The van der Waals surface area contributed by atoms with Crippen LogP contribution in [0, 0.1) is 0 Å². The van der Waals surface area contributed by atoms with Crippen LogP contribution >= 0.6 is 0 Å². The Hall–Kier alpha value is -0.710. The average molecular weight is 204 g/mol. The van der Waals surface area contributed by atoms with Gasteiger partial charge in [0.15, 0.2) is 11.5 Å². The summed E-state index contributed by atoms with van der Waals surface area (Å²) in [7, 11) is 1.40. The minimum atomic E-state index is -1.16. The number of rotatable bonds is 3. The molecule has 0 aliphatic heterocycles. The molecule has 0 aromatic heterocycles. The standard InChI is InChI=1S/C9H10O4.Na/c1-13-8-4-6(5-9(11)12)2-3-7(8)10;/h2-4,10H,5H2,1H3,(H,11,12);/q;+1/p-1. The molecule has 1 N–H and O–H groups in total. The van der Waals surface area contributed by atoms with Crippen LogP contribution in [-0.4, -0.2) is 18.2 Å². The minimum absolute atomic E-state index is 0. The van der Waals surface area contributed by atoms with Crippen molar-refractivity contribution in [2.75, 3.05) is 7.11 Å². The number of ether oxygens (including phenoxy) is 1. The van der Waals surface area contributed by atoms with Gasteiger partial charge in [-0.3, -0.25) is 0 Å². The van der Waals surface area contributed by atoms with E-state index in [2.05, 4.69) is 0 Å². The van der Waals surface area contributed by atoms with Gasteiger partial charge in [-0.25, -0.2) is 0 Å². The molecule has 14 heavy (non-hydrogen) atoms. The van der Waals surface area contributed by atoms with Gasteiger partial charge in [0, 0.05) is 12.4 Å². The summed E-state index contributed by atoms with van der Waals surface area (Å²) in [6.07, 6.45) is -0.184. The maximum absolute atomic E-state index is 10.2. The summed E-state index contributed by atoms with van der Waals surface area (Å²) in [5.41, 5.74) is 0.537. The molecule has 4 nitrogen and oxygen atoms in total. The molecule has 1 aromatic rings. The van der Waals surface area contributed by atoms with Crippen LogP contribution in [0.4, 0.5) is 0 Å². The number of carbonyl (C=O) groups excluding carboxylic acids is 1. The molecule has 0 atom stereocenters. The van der Waals surface area contributed by atoms with Crippen LogP contribution in [0.1, 0.15) is 5.56 Å². The summed E-state index contributed by atoms with van der Waals surface area (Å²) < 4.78 is 4.80. The molecule has 0 amide bonds. The number of aromatic hydroxyl groups is 1. The largest absolute Gasteiger partial charge is 1.00 e. The van der Waals surface area contributed by atoms with Crippen LogP contribution in [0.15, 0.2) is 18.2 Å². The summed E-state index contributed by atoms with van der Waals surface area (Å²) >= 11 is 0. The number of carbonyl (C=O) groups is 1. The Kier molecular flexibility index (Phi) is 5.60. The molecule has 0 aliphatic rings. The van der Waals surface area contributed by atoms with Crippen molar-refractivity contribution in [1.29, 1.82) is 0 Å². The first-order valence-corrected chi connectivity index (χ1v) is 3.69. The number of phenols is 1. The van der Waals surface area contributed by atoms with Gasteiger partial charge in [-0.15, -0.1) is 0 Å². The molecular weight excluding hydrogens is 195 g/mol. The zero-order valence-electron chi connectivity index (χ0n) is 8.11. The average Bonchev–Trinajstić information content (AvgIpc) is 2.07. The number of methoxy groups -OCH3 is 1. The quantitative estimate of drug-likeness (QED) is 0.523. The summed E-state index contributed by atoms with van der Waals surface area (Å²) in [5.74, 6) is -0.906. The Labute approximate surface area is 104 Å². The van der Waals surface area contributed by atoms with Crippen LogP contribution in [0.5, 0.6) is 11.5 Å². The molecule has 0 bridgehead atoms. The summed E-state index contributed by atoms with van der Waals surface area (Å²) in [6, 6.07) is 4.36. The van der Waals surface area contributed by atoms with Crippen LogP contribution in [0.25, 0.3) is 0 Å². The van der Waals surface area contributed by atoms with Crippen LogP contribution in [-0.2, 0) is 11.2 Å². The Morgan fingerprint density at radius 2 is 2.21 bits per heavy atom. The smallest absolute Gasteiger partial charge is 0.550 e. The van der Waals surface area contributed by atoms with E-state index in [-0.39, 0.29) is 47.5 Å². The van der Waals surface area contributed by atoms with Gasteiger partial charge in [0.1, 0.15) is 0 Å². The van der Waals surface area contributed by atoms with Gasteiger partial charge in [0.05, 0.1) is 7.11 Å². The molecule has 0 aliphatic carbocycles. The second-order valence-corrected chi connectivity index (χ2v) is 2.55. The van der Waals surface area contributed by atoms with E-state index in [0.717, 1.165) is 0 Å². The minimum Gasteiger partial charge on any atom is -0.550 e. The van der Waals surface area contributed by atoms with Crippen molar-refractivity contribution in [2.45, 2.75) is 6.42 Å². The zero-order valence-corrected chi connectivity index (χ0v) is 10.1. The first-order chi connectivity index (χ1) is 6.13. The van der Waals surface area contributed by atoms with Gasteiger partial charge in [-0.1, -0.05) is 6.07 Å². The topological polar surface area (TPSA) is 69.6 Å². The van der Waals surface area contributed by atoms with E-state index in [9.17, 15) is 15.0 Å². The van der Waals surface area contributed by atoms with Crippen molar-refractivity contribution < 1.29 is 49.3 Å². The Morgan fingerprint density at radius 3 is 2.71 bits per heavy atom. The van der Waals surface area contributed by atoms with Crippen molar-refractivity contribution in [1.82, 2.24) is 0 Å². The van der Waals surface area contributed by atoms with Crippen LogP contribution in [0.2, 0.25) is 0 Å². The third-order valence-corrected chi connectivity index (χ3v) is 1.59. The molecule has 5 heteroatoms. The van der Waals surface area contributed by atoms with Crippen molar-refractivity contribution >= 4 is 5.97 Å². The third-order valence-electron chi connectivity index (χ3n) is 1.59. The second-order valence-electron chi connectivity index (χ2n) is 2.55.